The molecule has 30 heavy (non-hydrogen) atoms. The Labute approximate surface area is 180 Å². The zero-order valence-corrected chi connectivity index (χ0v) is 17.9. The Morgan fingerprint density at radius 2 is 1.83 bits per heavy atom. The van der Waals surface area contributed by atoms with E-state index in [1.54, 1.807) is 41.2 Å². The molecule has 2 aromatic carbocycles. The maximum atomic E-state index is 12.7. The van der Waals surface area contributed by atoms with Crippen LogP contribution in [0.2, 0.25) is 5.02 Å². The minimum Gasteiger partial charge on any atom is -0.311 e. The van der Waals surface area contributed by atoms with E-state index in [0.29, 0.717) is 22.3 Å². The predicted molar refractivity (Wildman–Crippen MR) is 117 cm³/mol. The molecule has 0 aliphatic heterocycles. The molecule has 1 aliphatic rings. The van der Waals surface area contributed by atoms with E-state index in [4.69, 9.17) is 11.6 Å². The third-order valence-corrected chi connectivity index (χ3v) is 7.22. The summed E-state index contributed by atoms with van der Waals surface area (Å²) in [5.74, 6) is -0.0781. The molecular formula is C22H22ClN3O3S. The van der Waals surface area contributed by atoms with Crippen molar-refractivity contribution >= 4 is 33.2 Å². The molecule has 1 aliphatic carbocycles. The number of aryl methyl sites for hydroxylation is 2. The van der Waals surface area contributed by atoms with Crippen molar-refractivity contribution in [3.8, 4) is 0 Å². The van der Waals surface area contributed by atoms with Gasteiger partial charge in [-0.15, -0.1) is 0 Å². The number of rotatable bonds is 7. The molecule has 6 nitrogen and oxygen atoms in total. The summed E-state index contributed by atoms with van der Waals surface area (Å²) in [7, 11) is -3.51. The minimum atomic E-state index is -3.51. The Bertz CT molecular complexity index is 1170. The van der Waals surface area contributed by atoms with Crippen LogP contribution in [0.4, 0.5) is 5.82 Å². The van der Waals surface area contributed by atoms with Gasteiger partial charge in [0, 0.05) is 17.5 Å². The molecule has 4 rings (SSSR count). The Morgan fingerprint density at radius 3 is 2.63 bits per heavy atom. The molecular weight excluding hydrogens is 422 g/mol. The van der Waals surface area contributed by atoms with Crippen LogP contribution >= 0.6 is 11.6 Å². The highest BCUT2D eigenvalue weighted by Gasteiger charge is 2.20. The van der Waals surface area contributed by atoms with Crippen molar-refractivity contribution in [1.29, 1.82) is 0 Å². The molecule has 0 spiro atoms. The molecule has 0 unspecified atom stereocenters. The normalized spacial score (nSPS) is 13.2. The number of fused-ring (bicyclic) bond motifs is 1. The maximum absolute atomic E-state index is 12.7. The molecule has 1 heterocycles. The Morgan fingerprint density at radius 1 is 1.07 bits per heavy atom. The number of carbonyl (C=O) groups excluding carboxylic acids is 1. The number of hydrogen-bond donors (Lipinski definition) is 1. The van der Waals surface area contributed by atoms with E-state index in [1.165, 1.54) is 5.56 Å². The summed E-state index contributed by atoms with van der Waals surface area (Å²) in [4.78, 5) is 12.7. The summed E-state index contributed by atoms with van der Waals surface area (Å²) < 4.78 is 27.0. The predicted octanol–water partition coefficient (Wildman–Crippen LogP) is 3.88. The highest BCUT2D eigenvalue weighted by molar-refractivity contribution is 7.91. The Balaban J connectivity index is 1.37. The van der Waals surface area contributed by atoms with Crippen molar-refractivity contribution in [1.82, 2.24) is 9.78 Å². The van der Waals surface area contributed by atoms with E-state index in [1.807, 2.05) is 18.2 Å². The van der Waals surface area contributed by atoms with Gasteiger partial charge >= 0.3 is 0 Å². The van der Waals surface area contributed by atoms with Crippen LogP contribution in [0.5, 0.6) is 0 Å². The molecule has 156 valence electrons. The van der Waals surface area contributed by atoms with Gasteiger partial charge in [0.1, 0.15) is 5.82 Å². The summed E-state index contributed by atoms with van der Waals surface area (Å²) in [6, 6.07) is 14.4. The smallest absolute Gasteiger partial charge is 0.226 e. The highest BCUT2D eigenvalue weighted by atomic mass is 35.5. The first kappa shape index (κ1) is 20.6. The van der Waals surface area contributed by atoms with Crippen LogP contribution < -0.4 is 5.32 Å². The van der Waals surface area contributed by atoms with Crippen LogP contribution in [-0.4, -0.2) is 29.9 Å². The van der Waals surface area contributed by atoms with Crippen molar-refractivity contribution < 1.29 is 13.2 Å². The van der Waals surface area contributed by atoms with Crippen molar-refractivity contribution in [2.24, 2.45) is 0 Å². The molecule has 1 aromatic heterocycles. The van der Waals surface area contributed by atoms with E-state index in [9.17, 15) is 13.2 Å². The van der Waals surface area contributed by atoms with E-state index in [-0.39, 0.29) is 18.1 Å². The summed E-state index contributed by atoms with van der Waals surface area (Å²) in [5.41, 5.74) is 3.31. The summed E-state index contributed by atoms with van der Waals surface area (Å²) >= 11 is 5.91. The third kappa shape index (κ3) is 4.74. The molecule has 0 radical (unpaired) electrons. The lowest BCUT2D eigenvalue weighted by Gasteiger charge is -2.10. The monoisotopic (exact) mass is 443 g/mol. The lowest BCUT2D eigenvalue weighted by atomic mass is 10.1. The van der Waals surface area contributed by atoms with Gasteiger partial charge in [-0.05, 0) is 60.2 Å². The number of carbonyl (C=O) groups is 1. The van der Waals surface area contributed by atoms with Gasteiger partial charge in [-0.3, -0.25) is 4.79 Å². The molecule has 1 N–H and O–H groups in total. The van der Waals surface area contributed by atoms with Crippen LogP contribution in [0.3, 0.4) is 0 Å². The fourth-order valence-corrected chi connectivity index (χ4v) is 5.03. The summed E-state index contributed by atoms with van der Waals surface area (Å²) in [5, 5.41) is 7.64. The molecule has 3 aromatic rings. The topological polar surface area (TPSA) is 81.1 Å². The number of aromatic nitrogens is 2. The number of benzene rings is 2. The molecule has 8 heteroatoms. The quantitative estimate of drug-likeness (QED) is 0.600. The first-order valence-corrected chi connectivity index (χ1v) is 11.8. The molecule has 0 atom stereocenters. The number of anilines is 1. The van der Waals surface area contributed by atoms with Crippen LogP contribution in [-0.2, 0) is 34.0 Å². The standard InChI is InChI=1S/C22H22ClN3O3S/c23-19-7-4-16(5-8-19)15-26-21(10-12-24-26)25-22(27)11-13-30(28,29)20-9-6-17-2-1-3-18(17)14-20/h4-10,12,14H,1-3,11,13,15H2,(H,25,27). The first-order valence-electron chi connectivity index (χ1n) is 9.81. The zero-order valence-electron chi connectivity index (χ0n) is 16.3. The van der Waals surface area contributed by atoms with Crippen LogP contribution in [0.25, 0.3) is 0 Å². The number of halogens is 1. The summed E-state index contributed by atoms with van der Waals surface area (Å²) in [6.45, 7) is 0.465. The number of nitrogens with zero attached hydrogens (tertiary/aromatic N) is 2. The van der Waals surface area contributed by atoms with E-state index >= 15 is 0 Å². The Kier molecular flexibility index (Phi) is 5.92. The molecule has 0 saturated carbocycles. The molecule has 1 amide bonds. The minimum absolute atomic E-state index is 0.120. The maximum Gasteiger partial charge on any atom is 0.226 e. The third-order valence-electron chi connectivity index (χ3n) is 5.26. The number of nitrogens with one attached hydrogen (secondary N) is 1. The second kappa shape index (κ2) is 8.62. The van der Waals surface area contributed by atoms with Crippen LogP contribution in [0.1, 0.15) is 29.5 Å². The second-order valence-electron chi connectivity index (χ2n) is 7.40. The Hall–Kier alpha value is -2.64. The molecule has 0 bridgehead atoms. The fourth-order valence-electron chi connectivity index (χ4n) is 3.62. The van der Waals surface area contributed by atoms with Gasteiger partial charge < -0.3 is 5.32 Å². The fraction of sp³-hybridized carbons (Fsp3) is 0.273. The SMILES string of the molecule is O=C(CCS(=O)(=O)c1ccc2c(c1)CCC2)Nc1ccnn1Cc1ccc(Cl)cc1. The van der Waals surface area contributed by atoms with Crippen LogP contribution in [0.15, 0.2) is 59.6 Å². The van der Waals surface area contributed by atoms with Gasteiger partial charge in [-0.1, -0.05) is 29.8 Å². The van der Waals surface area contributed by atoms with Gasteiger partial charge in [0.05, 0.1) is 23.4 Å². The summed E-state index contributed by atoms with van der Waals surface area (Å²) in [6.07, 6.45) is 4.45. The average Bonchev–Trinajstić information content (AvgIpc) is 3.37. The highest BCUT2D eigenvalue weighted by Crippen LogP contribution is 2.25. The first-order chi connectivity index (χ1) is 14.4. The van der Waals surface area contributed by atoms with Gasteiger partial charge in [0.25, 0.3) is 0 Å². The van der Waals surface area contributed by atoms with Gasteiger partial charge in [-0.25, -0.2) is 13.1 Å². The van der Waals surface area contributed by atoms with Crippen molar-refractivity contribution in [3.05, 3.63) is 76.4 Å². The van der Waals surface area contributed by atoms with Crippen LogP contribution in [0, 0.1) is 0 Å². The van der Waals surface area contributed by atoms with E-state index in [0.717, 1.165) is 30.4 Å². The number of hydrogen-bond acceptors (Lipinski definition) is 4. The average molecular weight is 444 g/mol. The van der Waals surface area contributed by atoms with Crippen molar-refractivity contribution in [2.75, 3.05) is 11.1 Å². The van der Waals surface area contributed by atoms with Gasteiger partial charge in [0.2, 0.25) is 5.91 Å². The lowest BCUT2D eigenvalue weighted by Crippen LogP contribution is -2.19. The largest absolute Gasteiger partial charge is 0.311 e. The van der Waals surface area contributed by atoms with Gasteiger partial charge in [0.15, 0.2) is 9.84 Å². The van der Waals surface area contributed by atoms with E-state index < -0.39 is 9.84 Å². The zero-order chi connectivity index (χ0) is 21.1. The lowest BCUT2D eigenvalue weighted by molar-refractivity contribution is -0.115. The second-order valence-corrected chi connectivity index (χ2v) is 9.95. The molecule has 0 fully saturated rings. The van der Waals surface area contributed by atoms with E-state index in [2.05, 4.69) is 10.4 Å². The molecule has 0 saturated heterocycles. The van der Waals surface area contributed by atoms with Crippen molar-refractivity contribution in [2.45, 2.75) is 37.1 Å². The van der Waals surface area contributed by atoms with Gasteiger partial charge in [-0.2, -0.15) is 5.10 Å². The number of sulfone groups is 1. The number of amides is 1. The van der Waals surface area contributed by atoms with Crippen molar-refractivity contribution in [3.63, 3.8) is 0 Å².